The van der Waals surface area contributed by atoms with Gasteiger partial charge in [0.25, 0.3) is 5.56 Å². The van der Waals surface area contributed by atoms with Gasteiger partial charge in [0.05, 0.1) is 5.56 Å². The van der Waals surface area contributed by atoms with Gasteiger partial charge in [-0.05, 0) is 6.92 Å². The van der Waals surface area contributed by atoms with E-state index in [4.69, 9.17) is 5.73 Å². The highest BCUT2D eigenvalue weighted by atomic mass is 16.1. The first kappa shape index (κ1) is 7.15. The number of aromatic amines is 1. The summed E-state index contributed by atoms with van der Waals surface area (Å²) >= 11 is 0. The quantitative estimate of drug-likeness (QED) is 0.494. The van der Waals surface area contributed by atoms with Crippen LogP contribution in [-0.4, -0.2) is 16.0 Å². The summed E-state index contributed by atoms with van der Waals surface area (Å²) in [6, 6.07) is 0.274. The van der Waals surface area contributed by atoms with Crippen LogP contribution in [-0.2, 0) is 6.42 Å². The second kappa shape index (κ2) is 2.23. The fourth-order valence-corrected chi connectivity index (χ4v) is 1.41. The van der Waals surface area contributed by atoms with Crippen molar-refractivity contribution < 1.29 is 0 Å². The van der Waals surface area contributed by atoms with Crippen molar-refractivity contribution in [2.24, 2.45) is 0 Å². The van der Waals surface area contributed by atoms with Gasteiger partial charge >= 0.3 is 0 Å². The normalized spacial score (nSPS) is 20.2. The van der Waals surface area contributed by atoms with Crippen LogP contribution in [0.15, 0.2) is 4.79 Å². The van der Waals surface area contributed by atoms with Crippen LogP contribution in [0, 0.1) is 0 Å². The average molecular weight is 166 g/mol. The molecule has 5 nitrogen and oxygen atoms in total. The molecule has 2 rings (SSSR count). The van der Waals surface area contributed by atoms with Gasteiger partial charge in [0, 0.05) is 12.5 Å². The Kier molecular flexibility index (Phi) is 1.33. The maximum absolute atomic E-state index is 11.3. The molecule has 0 aliphatic carbocycles. The number of nitrogens with one attached hydrogen (secondary N) is 2. The summed E-state index contributed by atoms with van der Waals surface area (Å²) < 4.78 is 0. The molecule has 0 fully saturated rings. The second-order valence-electron chi connectivity index (χ2n) is 3.03. The Balaban J connectivity index is 2.60. The highest BCUT2D eigenvalue weighted by Crippen LogP contribution is 2.19. The van der Waals surface area contributed by atoms with E-state index < -0.39 is 0 Å². The summed E-state index contributed by atoms with van der Waals surface area (Å²) in [6.07, 6.45) is 0.720. The molecule has 1 aromatic rings. The average Bonchev–Trinajstić information content (AvgIpc) is 2.29. The summed E-state index contributed by atoms with van der Waals surface area (Å²) in [6.45, 7) is 2.00. The number of nitrogen functional groups attached to an aromatic ring is 1. The van der Waals surface area contributed by atoms with E-state index in [1.54, 1.807) is 0 Å². The molecular formula is C7H10N4O. The van der Waals surface area contributed by atoms with Crippen molar-refractivity contribution in [3.63, 3.8) is 0 Å². The van der Waals surface area contributed by atoms with Crippen LogP contribution in [0.2, 0.25) is 0 Å². The minimum absolute atomic E-state index is 0.130. The van der Waals surface area contributed by atoms with Crippen molar-refractivity contribution >= 4 is 11.8 Å². The number of H-pyrrole nitrogens is 1. The van der Waals surface area contributed by atoms with Crippen molar-refractivity contribution in [3.8, 4) is 0 Å². The Labute approximate surface area is 69.0 Å². The first-order chi connectivity index (χ1) is 5.66. The highest BCUT2D eigenvalue weighted by molar-refractivity contribution is 5.51. The van der Waals surface area contributed by atoms with E-state index in [0.29, 0.717) is 11.4 Å². The molecule has 5 heteroatoms. The van der Waals surface area contributed by atoms with Crippen LogP contribution in [0.1, 0.15) is 12.5 Å². The minimum atomic E-state index is -0.130. The van der Waals surface area contributed by atoms with Crippen LogP contribution in [0.25, 0.3) is 0 Å². The Bertz CT molecular complexity index is 370. The van der Waals surface area contributed by atoms with Gasteiger partial charge in [-0.2, -0.15) is 4.98 Å². The molecule has 0 saturated carbocycles. The summed E-state index contributed by atoms with van der Waals surface area (Å²) in [7, 11) is 0. The number of hydrogen-bond acceptors (Lipinski definition) is 4. The summed E-state index contributed by atoms with van der Waals surface area (Å²) in [5.41, 5.74) is 5.95. The lowest BCUT2D eigenvalue weighted by Crippen LogP contribution is -2.14. The predicted octanol–water partition coefficient (Wildman–Crippen LogP) is -0.291. The number of nitrogens with two attached hydrogens (primary N) is 1. The zero-order valence-corrected chi connectivity index (χ0v) is 6.72. The molecule has 64 valence electrons. The zero-order valence-electron chi connectivity index (χ0n) is 6.72. The third-order valence-corrected chi connectivity index (χ3v) is 1.93. The third-order valence-electron chi connectivity index (χ3n) is 1.93. The van der Waals surface area contributed by atoms with Crippen molar-refractivity contribution in [2.45, 2.75) is 19.4 Å². The SMILES string of the molecule is C[C@@H]1Cc2c(nc(N)[nH]c2=O)N1. The van der Waals surface area contributed by atoms with E-state index in [1.165, 1.54) is 0 Å². The smallest absolute Gasteiger partial charge is 0.257 e. The number of nitrogens with zero attached hydrogens (tertiary/aromatic N) is 1. The first-order valence-electron chi connectivity index (χ1n) is 3.82. The summed E-state index contributed by atoms with van der Waals surface area (Å²) in [5, 5.41) is 3.07. The number of aromatic nitrogens is 2. The molecule has 0 amide bonds. The van der Waals surface area contributed by atoms with E-state index in [-0.39, 0.29) is 17.5 Å². The zero-order chi connectivity index (χ0) is 8.72. The van der Waals surface area contributed by atoms with Gasteiger partial charge < -0.3 is 11.1 Å². The van der Waals surface area contributed by atoms with Crippen LogP contribution in [0.5, 0.6) is 0 Å². The van der Waals surface area contributed by atoms with Crippen LogP contribution in [0.3, 0.4) is 0 Å². The highest BCUT2D eigenvalue weighted by Gasteiger charge is 2.21. The van der Waals surface area contributed by atoms with Crippen molar-refractivity contribution in [1.82, 2.24) is 9.97 Å². The van der Waals surface area contributed by atoms with E-state index in [0.717, 1.165) is 6.42 Å². The molecule has 0 unspecified atom stereocenters. The van der Waals surface area contributed by atoms with Crippen molar-refractivity contribution in [2.75, 3.05) is 11.1 Å². The standard InChI is InChI=1S/C7H10N4O/c1-3-2-4-5(9-3)10-7(8)11-6(4)12/h3H,2H2,1H3,(H4,8,9,10,11,12)/t3-/m1/s1. The topological polar surface area (TPSA) is 83.8 Å². The lowest BCUT2D eigenvalue weighted by atomic mass is 10.2. The molecule has 0 radical (unpaired) electrons. The van der Waals surface area contributed by atoms with Gasteiger partial charge in [0.2, 0.25) is 5.95 Å². The van der Waals surface area contributed by atoms with Crippen LogP contribution >= 0.6 is 0 Å². The lowest BCUT2D eigenvalue weighted by molar-refractivity contribution is 0.833. The molecule has 2 heterocycles. The molecule has 1 aliphatic rings. The first-order valence-corrected chi connectivity index (χ1v) is 3.82. The predicted molar refractivity (Wildman–Crippen MR) is 46.1 cm³/mol. The fourth-order valence-electron chi connectivity index (χ4n) is 1.41. The molecule has 0 saturated heterocycles. The van der Waals surface area contributed by atoms with Gasteiger partial charge in [-0.1, -0.05) is 0 Å². The number of hydrogen-bond donors (Lipinski definition) is 3. The Hall–Kier alpha value is -1.52. The van der Waals surface area contributed by atoms with Crippen molar-refractivity contribution in [1.29, 1.82) is 0 Å². The van der Waals surface area contributed by atoms with Crippen LogP contribution in [0.4, 0.5) is 11.8 Å². The molecule has 12 heavy (non-hydrogen) atoms. The van der Waals surface area contributed by atoms with Crippen molar-refractivity contribution in [3.05, 3.63) is 15.9 Å². The van der Waals surface area contributed by atoms with Gasteiger partial charge in [-0.15, -0.1) is 0 Å². The van der Waals surface area contributed by atoms with Gasteiger partial charge in [0.15, 0.2) is 0 Å². The molecule has 1 aromatic heterocycles. The number of anilines is 2. The fraction of sp³-hybridized carbons (Fsp3) is 0.429. The molecule has 0 spiro atoms. The lowest BCUT2D eigenvalue weighted by Gasteiger charge is -2.00. The van der Waals surface area contributed by atoms with E-state index in [9.17, 15) is 4.79 Å². The molecule has 1 aliphatic heterocycles. The number of rotatable bonds is 0. The summed E-state index contributed by atoms with van der Waals surface area (Å²) in [4.78, 5) is 17.7. The molecular weight excluding hydrogens is 156 g/mol. The van der Waals surface area contributed by atoms with E-state index in [1.807, 2.05) is 6.92 Å². The maximum atomic E-state index is 11.3. The number of fused-ring (bicyclic) bond motifs is 1. The van der Waals surface area contributed by atoms with Gasteiger partial charge in [0.1, 0.15) is 5.82 Å². The molecule has 0 aromatic carbocycles. The Morgan fingerprint density at radius 3 is 3.17 bits per heavy atom. The maximum Gasteiger partial charge on any atom is 0.257 e. The Morgan fingerprint density at radius 1 is 1.67 bits per heavy atom. The minimum Gasteiger partial charge on any atom is -0.369 e. The van der Waals surface area contributed by atoms with Crippen LogP contribution < -0.4 is 16.6 Å². The largest absolute Gasteiger partial charge is 0.369 e. The van der Waals surface area contributed by atoms with E-state index in [2.05, 4.69) is 15.3 Å². The molecule has 0 bridgehead atoms. The summed E-state index contributed by atoms with van der Waals surface area (Å²) in [5.74, 6) is 0.795. The molecule has 1 atom stereocenters. The molecule has 4 N–H and O–H groups in total. The third kappa shape index (κ3) is 0.939. The van der Waals surface area contributed by atoms with E-state index >= 15 is 0 Å². The second-order valence-corrected chi connectivity index (χ2v) is 3.03. The van der Waals surface area contributed by atoms with Gasteiger partial charge in [-0.3, -0.25) is 9.78 Å². The Morgan fingerprint density at radius 2 is 2.42 bits per heavy atom. The monoisotopic (exact) mass is 166 g/mol. The van der Waals surface area contributed by atoms with Gasteiger partial charge in [-0.25, -0.2) is 0 Å².